The quantitative estimate of drug-likeness (QED) is 0.453. The molecule has 0 amide bonds. The highest BCUT2D eigenvalue weighted by Crippen LogP contribution is 2.12. The Kier molecular flexibility index (Phi) is 9.25. The number of hydrogen-bond acceptors (Lipinski definition) is 3. The average molecular weight is 290 g/mol. The lowest BCUT2D eigenvalue weighted by molar-refractivity contribution is 0.105. The van der Waals surface area contributed by atoms with E-state index in [-0.39, 0.29) is 6.10 Å². The summed E-state index contributed by atoms with van der Waals surface area (Å²) in [5.41, 5.74) is 1.15. The van der Waals surface area contributed by atoms with E-state index in [1.165, 1.54) is 0 Å². The highest BCUT2D eigenvalue weighted by Gasteiger charge is 1.99. The van der Waals surface area contributed by atoms with E-state index in [0.29, 0.717) is 19.8 Å². The third kappa shape index (κ3) is 7.69. The molecule has 0 saturated heterocycles. The molecule has 0 unspecified atom stereocenters. The predicted octanol–water partition coefficient (Wildman–Crippen LogP) is 4.14. The van der Waals surface area contributed by atoms with E-state index in [0.717, 1.165) is 24.2 Å². The van der Waals surface area contributed by atoms with Crippen molar-refractivity contribution in [3.8, 4) is 5.75 Å². The Morgan fingerprint density at radius 3 is 2.62 bits per heavy atom. The van der Waals surface area contributed by atoms with Gasteiger partial charge in [0.25, 0.3) is 0 Å². The van der Waals surface area contributed by atoms with Crippen LogP contribution in [0.15, 0.2) is 49.1 Å². The zero-order valence-corrected chi connectivity index (χ0v) is 13.1. The maximum absolute atomic E-state index is 5.64. The van der Waals surface area contributed by atoms with Crippen LogP contribution in [-0.4, -0.2) is 26.4 Å². The van der Waals surface area contributed by atoms with Crippen molar-refractivity contribution in [3.05, 3.63) is 54.6 Å². The Labute approximate surface area is 128 Å². The van der Waals surface area contributed by atoms with Crippen molar-refractivity contribution in [2.75, 3.05) is 20.3 Å². The Morgan fingerprint density at radius 1 is 1.24 bits per heavy atom. The van der Waals surface area contributed by atoms with Gasteiger partial charge in [0.05, 0.1) is 33.0 Å². The van der Waals surface area contributed by atoms with E-state index in [4.69, 9.17) is 14.2 Å². The van der Waals surface area contributed by atoms with Gasteiger partial charge in [0.2, 0.25) is 0 Å². The molecule has 1 atom stereocenters. The van der Waals surface area contributed by atoms with Crippen LogP contribution in [0.5, 0.6) is 5.75 Å². The topological polar surface area (TPSA) is 27.7 Å². The van der Waals surface area contributed by atoms with Gasteiger partial charge in [-0.3, -0.25) is 0 Å². The number of benzene rings is 1. The molecule has 0 aliphatic heterocycles. The fraction of sp³-hybridized carbons (Fsp3) is 0.444. The Morgan fingerprint density at radius 2 is 2.00 bits per heavy atom. The number of methoxy groups -OCH3 is 1. The zero-order valence-electron chi connectivity index (χ0n) is 13.1. The standard InChI is InChI=1S/C18H26O3/c1-4-13-21-17(5-2)8-6-7-14-20-15-16-9-11-18(19-3)12-10-16/h4,6,8-12,17H,1,5,7,13-15H2,2-3H3/b8-6+/t17-/m0/s1. The van der Waals surface area contributed by atoms with Gasteiger partial charge in [0, 0.05) is 0 Å². The monoisotopic (exact) mass is 290 g/mol. The molecule has 1 aromatic rings. The minimum atomic E-state index is 0.171. The zero-order chi connectivity index (χ0) is 15.3. The molecule has 116 valence electrons. The first-order chi connectivity index (χ1) is 10.3. The van der Waals surface area contributed by atoms with Gasteiger partial charge in [-0.1, -0.05) is 37.3 Å². The minimum Gasteiger partial charge on any atom is -0.497 e. The van der Waals surface area contributed by atoms with Gasteiger partial charge in [-0.2, -0.15) is 0 Å². The highest BCUT2D eigenvalue weighted by atomic mass is 16.5. The van der Waals surface area contributed by atoms with Gasteiger partial charge in [0.1, 0.15) is 5.75 Å². The van der Waals surface area contributed by atoms with Gasteiger partial charge in [0.15, 0.2) is 0 Å². The second-order valence-corrected chi connectivity index (χ2v) is 4.69. The third-order valence-corrected chi connectivity index (χ3v) is 3.04. The Hall–Kier alpha value is -1.58. The fourth-order valence-electron chi connectivity index (χ4n) is 1.81. The molecular weight excluding hydrogens is 264 g/mol. The number of rotatable bonds is 11. The first-order valence-corrected chi connectivity index (χ1v) is 7.40. The molecule has 21 heavy (non-hydrogen) atoms. The summed E-state index contributed by atoms with van der Waals surface area (Å²) in [7, 11) is 1.67. The molecule has 0 saturated carbocycles. The molecule has 0 aromatic heterocycles. The van der Waals surface area contributed by atoms with Crippen molar-refractivity contribution in [1.82, 2.24) is 0 Å². The van der Waals surface area contributed by atoms with Crippen molar-refractivity contribution >= 4 is 0 Å². The van der Waals surface area contributed by atoms with E-state index in [1.54, 1.807) is 13.2 Å². The SMILES string of the molecule is C=CCO[C@H](/C=C/CCOCc1ccc(OC)cc1)CC. The van der Waals surface area contributed by atoms with Crippen molar-refractivity contribution in [1.29, 1.82) is 0 Å². The molecule has 0 heterocycles. The molecule has 0 aliphatic carbocycles. The summed E-state index contributed by atoms with van der Waals surface area (Å²) in [6.45, 7) is 7.69. The van der Waals surface area contributed by atoms with E-state index >= 15 is 0 Å². The Balaban J connectivity index is 2.16. The second-order valence-electron chi connectivity index (χ2n) is 4.69. The van der Waals surface area contributed by atoms with Crippen LogP contribution in [0.3, 0.4) is 0 Å². The first kappa shape index (κ1) is 17.5. The summed E-state index contributed by atoms with van der Waals surface area (Å²) >= 11 is 0. The number of ether oxygens (including phenoxy) is 3. The van der Waals surface area contributed by atoms with Crippen LogP contribution in [0.4, 0.5) is 0 Å². The molecule has 0 spiro atoms. The summed E-state index contributed by atoms with van der Waals surface area (Å²) in [4.78, 5) is 0. The van der Waals surface area contributed by atoms with Crippen LogP contribution < -0.4 is 4.74 Å². The molecule has 0 N–H and O–H groups in total. The van der Waals surface area contributed by atoms with Crippen LogP contribution in [-0.2, 0) is 16.1 Å². The van der Waals surface area contributed by atoms with Crippen molar-refractivity contribution in [2.45, 2.75) is 32.5 Å². The lowest BCUT2D eigenvalue weighted by Gasteiger charge is -2.09. The van der Waals surface area contributed by atoms with Crippen LogP contribution >= 0.6 is 0 Å². The van der Waals surface area contributed by atoms with Crippen molar-refractivity contribution in [2.24, 2.45) is 0 Å². The summed E-state index contributed by atoms with van der Waals surface area (Å²) in [6, 6.07) is 7.93. The largest absolute Gasteiger partial charge is 0.497 e. The molecule has 0 fully saturated rings. The predicted molar refractivity (Wildman–Crippen MR) is 86.6 cm³/mol. The molecule has 0 aliphatic rings. The Bertz CT molecular complexity index is 409. The van der Waals surface area contributed by atoms with Gasteiger partial charge < -0.3 is 14.2 Å². The van der Waals surface area contributed by atoms with Crippen LogP contribution in [0.25, 0.3) is 0 Å². The molecule has 0 radical (unpaired) electrons. The lowest BCUT2D eigenvalue weighted by Crippen LogP contribution is -2.08. The third-order valence-electron chi connectivity index (χ3n) is 3.04. The summed E-state index contributed by atoms with van der Waals surface area (Å²) < 4.78 is 16.3. The maximum atomic E-state index is 5.64. The van der Waals surface area contributed by atoms with E-state index in [2.05, 4.69) is 25.7 Å². The average Bonchev–Trinajstić information content (AvgIpc) is 2.54. The summed E-state index contributed by atoms with van der Waals surface area (Å²) in [5.74, 6) is 0.867. The van der Waals surface area contributed by atoms with Crippen LogP contribution in [0.1, 0.15) is 25.3 Å². The molecule has 3 heteroatoms. The number of hydrogen-bond donors (Lipinski definition) is 0. The summed E-state index contributed by atoms with van der Waals surface area (Å²) in [5, 5.41) is 0. The van der Waals surface area contributed by atoms with E-state index in [1.807, 2.05) is 24.3 Å². The maximum Gasteiger partial charge on any atom is 0.118 e. The molecule has 1 rings (SSSR count). The van der Waals surface area contributed by atoms with Gasteiger partial charge in [-0.15, -0.1) is 6.58 Å². The van der Waals surface area contributed by atoms with Crippen molar-refractivity contribution in [3.63, 3.8) is 0 Å². The minimum absolute atomic E-state index is 0.171. The molecule has 1 aromatic carbocycles. The van der Waals surface area contributed by atoms with Gasteiger partial charge in [-0.25, -0.2) is 0 Å². The molecule has 3 nitrogen and oxygen atoms in total. The summed E-state index contributed by atoms with van der Waals surface area (Å²) in [6.07, 6.45) is 8.02. The molecular formula is C18H26O3. The van der Waals surface area contributed by atoms with E-state index in [9.17, 15) is 0 Å². The first-order valence-electron chi connectivity index (χ1n) is 7.40. The second kappa shape index (κ2) is 11.1. The molecule has 0 bridgehead atoms. The highest BCUT2D eigenvalue weighted by molar-refractivity contribution is 5.26. The van der Waals surface area contributed by atoms with Crippen LogP contribution in [0, 0.1) is 0 Å². The smallest absolute Gasteiger partial charge is 0.118 e. The van der Waals surface area contributed by atoms with Crippen molar-refractivity contribution < 1.29 is 14.2 Å². The normalized spacial score (nSPS) is 12.5. The van der Waals surface area contributed by atoms with Gasteiger partial charge >= 0.3 is 0 Å². The lowest BCUT2D eigenvalue weighted by atomic mass is 10.2. The van der Waals surface area contributed by atoms with E-state index < -0.39 is 0 Å². The van der Waals surface area contributed by atoms with Gasteiger partial charge in [-0.05, 0) is 30.5 Å². The van der Waals surface area contributed by atoms with Crippen LogP contribution in [0.2, 0.25) is 0 Å². The fourth-order valence-corrected chi connectivity index (χ4v) is 1.81.